The molecule has 0 unspecified atom stereocenters. The Labute approximate surface area is 133 Å². The van der Waals surface area contributed by atoms with E-state index in [4.69, 9.17) is 0 Å². The molecule has 0 fully saturated rings. The molecule has 0 amide bonds. The SMILES string of the molecule is Cn1ncc2cc(-c3nccc(OS(=O)(=O)C(F)(F)F)n3)ccc21. The molecule has 11 heteroatoms. The monoisotopic (exact) mass is 358 g/mol. The number of fused-ring (bicyclic) bond motifs is 1. The molecule has 0 saturated carbocycles. The fraction of sp³-hybridized carbons (Fsp3) is 0.154. The Morgan fingerprint density at radius 2 is 1.96 bits per heavy atom. The summed E-state index contributed by atoms with van der Waals surface area (Å²) >= 11 is 0. The zero-order valence-corrected chi connectivity index (χ0v) is 12.8. The van der Waals surface area contributed by atoms with Gasteiger partial charge in [0.25, 0.3) is 0 Å². The summed E-state index contributed by atoms with van der Waals surface area (Å²) in [5.41, 5.74) is -4.22. The van der Waals surface area contributed by atoms with Crippen LogP contribution in [0.4, 0.5) is 13.2 Å². The van der Waals surface area contributed by atoms with Crippen LogP contribution in [0.2, 0.25) is 0 Å². The second kappa shape index (κ2) is 5.44. The number of rotatable bonds is 3. The molecule has 2 aromatic heterocycles. The molecule has 3 aromatic rings. The minimum Gasteiger partial charge on any atom is -0.355 e. The molecule has 0 saturated heterocycles. The van der Waals surface area contributed by atoms with Crippen molar-refractivity contribution in [1.29, 1.82) is 0 Å². The van der Waals surface area contributed by atoms with Crippen molar-refractivity contribution in [2.24, 2.45) is 7.05 Å². The molecule has 3 rings (SSSR count). The van der Waals surface area contributed by atoms with Crippen LogP contribution in [0, 0.1) is 0 Å². The van der Waals surface area contributed by atoms with Crippen LogP contribution in [0.25, 0.3) is 22.3 Å². The smallest absolute Gasteiger partial charge is 0.355 e. The largest absolute Gasteiger partial charge is 0.534 e. The number of halogens is 3. The van der Waals surface area contributed by atoms with E-state index in [0.717, 1.165) is 23.2 Å². The molecule has 24 heavy (non-hydrogen) atoms. The minimum absolute atomic E-state index is 0.0237. The highest BCUT2D eigenvalue weighted by atomic mass is 32.2. The summed E-state index contributed by atoms with van der Waals surface area (Å²) in [6.45, 7) is 0. The predicted octanol–water partition coefficient (Wildman–Crippen LogP) is 2.26. The summed E-state index contributed by atoms with van der Waals surface area (Å²) in [7, 11) is -4.03. The number of aromatic nitrogens is 4. The standard InChI is InChI=1S/C13H9F3N4O3S/c1-20-10-3-2-8(6-9(10)7-18-20)12-17-5-4-11(19-12)23-24(21,22)13(14,15)16/h2-7H,1H3. The molecule has 0 N–H and O–H groups in total. The maximum atomic E-state index is 12.4. The predicted molar refractivity (Wildman–Crippen MR) is 77.3 cm³/mol. The number of alkyl halides is 3. The third kappa shape index (κ3) is 2.89. The molecule has 2 heterocycles. The highest BCUT2D eigenvalue weighted by Gasteiger charge is 2.48. The van der Waals surface area contributed by atoms with Gasteiger partial charge >= 0.3 is 15.6 Å². The van der Waals surface area contributed by atoms with E-state index in [1.54, 1.807) is 36.1 Å². The van der Waals surface area contributed by atoms with E-state index in [1.807, 2.05) is 0 Å². The van der Waals surface area contributed by atoms with Crippen LogP contribution < -0.4 is 4.18 Å². The van der Waals surface area contributed by atoms with Crippen LogP contribution in [0.5, 0.6) is 5.88 Å². The van der Waals surface area contributed by atoms with E-state index in [0.29, 0.717) is 5.56 Å². The van der Waals surface area contributed by atoms with Gasteiger partial charge in [-0.05, 0) is 18.2 Å². The van der Waals surface area contributed by atoms with E-state index < -0.39 is 21.5 Å². The lowest BCUT2D eigenvalue weighted by Crippen LogP contribution is -2.28. The van der Waals surface area contributed by atoms with Crippen molar-refractivity contribution in [2.45, 2.75) is 5.51 Å². The highest BCUT2D eigenvalue weighted by Crippen LogP contribution is 2.27. The topological polar surface area (TPSA) is 87.0 Å². The number of aryl methyl sites for hydroxylation is 1. The average Bonchev–Trinajstić information content (AvgIpc) is 2.87. The number of benzene rings is 1. The molecule has 0 atom stereocenters. The van der Waals surface area contributed by atoms with Gasteiger partial charge in [0.1, 0.15) is 0 Å². The average molecular weight is 358 g/mol. The molecule has 126 valence electrons. The van der Waals surface area contributed by atoms with Crippen molar-refractivity contribution >= 4 is 21.0 Å². The van der Waals surface area contributed by atoms with Crippen molar-refractivity contribution < 1.29 is 25.8 Å². The highest BCUT2D eigenvalue weighted by molar-refractivity contribution is 7.87. The Morgan fingerprint density at radius 1 is 1.21 bits per heavy atom. The van der Waals surface area contributed by atoms with Gasteiger partial charge in [-0.1, -0.05) is 0 Å². The first kappa shape index (κ1) is 16.2. The van der Waals surface area contributed by atoms with Crippen molar-refractivity contribution in [2.75, 3.05) is 0 Å². The van der Waals surface area contributed by atoms with Gasteiger partial charge in [-0.25, -0.2) is 4.98 Å². The maximum Gasteiger partial charge on any atom is 0.534 e. The fourth-order valence-corrected chi connectivity index (χ4v) is 2.40. The first-order valence-electron chi connectivity index (χ1n) is 6.43. The molecular weight excluding hydrogens is 349 g/mol. The third-order valence-electron chi connectivity index (χ3n) is 3.11. The summed E-state index contributed by atoms with van der Waals surface area (Å²) < 4.78 is 64.8. The summed E-state index contributed by atoms with van der Waals surface area (Å²) in [4.78, 5) is 7.64. The minimum atomic E-state index is -5.78. The Balaban J connectivity index is 1.97. The first-order valence-corrected chi connectivity index (χ1v) is 7.84. The number of nitrogens with zero attached hydrogens (tertiary/aromatic N) is 4. The van der Waals surface area contributed by atoms with Gasteiger partial charge in [0.05, 0.1) is 11.7 Å². The Morgan fingerprint density at radius 3 is 2.67 bits per heavy atom. The number of hydrogen-bond acceptors (Lipinski definition) is 6. The van der Waals surface area contributed by atoms with Crippen molar-refractivity contribution in [3.8, 4) is 17.3 Å². The van der Waals surface area contributed by atoms with E-state index >= 15 is 0 Å². The van der Waals surface area contributed by atoms with Gasteiger partial charge in [-0.2, -0.15) is 31.7 Å². The third-order valence-corrected chi connectivity index (χ3v) is 4.07. The number of hydrogen-bond donors (Lipinski definition) is 0. The van der Waals surface area contributed by atoms with Gasteiger partial charge < -0.3 is 4.18 Å². The summed E-state index contributed by atoms with van der Waals surface area (Å²) in [5, 5.41) is 4.84. The van der Waals surface area contributed by atoms with Crippen LogP contribution in [-0.2, 0) is 17.2 Å². The zero-order chi connectivity index (χ0) is 17.5. The quantitative estimate of drug-likeness (QED) is 0.527. The molecule has 0 spiro atoms. The van der Waals surface area contributed by atoms with Crippen LogP contribution in [0.15, 0.2) is 36.7 Å². The van der Waals surface area contributed by atoms with Crippen LogP contribution in [0.3, 0.4) is 0 Å². The second-order valence-corrected chi connectivity index (χ2v) is 6.28. The molecular formula is C13H9F3N4O3S. The van der Waals surface area contributed by atoms with Gasteiger partial charge in [0, 0.05) is 30.3 Å². The molecule has 0 aliphatic heterocycles. The zero-order valence-electron chi connectivity index (χ0n) is 12.0. The van der Waals surface area contributed by atoms with Gasteiger partial charge in [0.2, 0.25) is 5.88 Å². The Hall–Kier alpha value is -2.69. The van der Waals surface area contributed by atoms with Crippen molar-refractivity contribution in [3.05, 3.63) is 36.7 Å². The van der Waals surface area contributed by atoms with Crippen molar-refractivity contribution in [3.63, 3.8) is 0 Å². The molecule has 0 aliphatic carbocycles. The normalized spacial score (nSPS) is 12.5. The molecule has 1 aromatic carbocycles. The molecule has 0 radical (unpaired) electrons. The summed E-state index contributed by atoms with van der Waals surface area (Å²) in [5.74, 6) is -0.695. The van der Waals surface area contributed by atoms with Crippen LogP contribution in [0.1, 0.15) is 0 Å². The van der Waals surface area contributed by atoms with E-state index in [1.165, 1.54) is 0 Å². The Kier molecular flexibility index (Phi) is 3.67. The van der Waals surface area contributed by atoms with Crippen molar-refractivity contribution in [1.82, 2.24) is 19.7 Å². The summed E-state index contributed by atoms with van der Waals surface area (Å²) in [6, 6.07) is 5.98. The molecule has 0 bridgehead atoms. The van der Waals surface area contributed by atoms with E-state index in [-0.39, 0.29) is 5.82 Å². The lowest BCUT2D eigenvalue weighted by Gasteiger charge is -2.09. The van der Waals surface area contributed by atoms with E-state index in [2.05, 4.69) is 19.2 Å². The van der Waals surface area contributed by atoms with E-state index in [9.17, 15) is 21.6 Å². The lowest BCUT2D eigenvalue weighted by molar-refractivity contribution is -0.0501. The summed E-state index contributed by atoms with van der Waals surface area (Å²) in [6.07, 6.45) is 2.71. The van der Waals surface area contributed by atoms with Gasteiger partial charge in [-0.3, -0.25) is 4.68 Å². The molecule has 0 aliphatic rings. The van der Waals surface area contributed by atoms with Crippen LogP contribution in [-0.4, -0.2) is 33.7 Å². The van der Waals surface area contributed by atoms with Crippen LogP contribution >= 0.6 is 0 Å². The maximum absolute atomic E-state index is 12.4. The fourth-order valence-electron chi connectivity index (χ4n) is 1.99. The molecule has 7 nitrogen and oxygen atoms in total. The first-order chi connectivity index (χ1) is 11.2. The lowest BCUT2D eigenvalue weighted by atomic mass is 10.1. The van der Waals surface area contributed by atoms with Gasteiger partial charge in [-0.15, -0.1) is 0 Å². The van der Waals surface area contributed by atoms with Gasteiger partial charge in [0.15, 0.2) is 5.82 Å². The Bertz CT molecular complexity index is 1010. The second-order valence-electron chi connectivity index (χ2n) is 4.74.